The fourth-order valence-corrected chi connectivity index (χ4v) is 4.01. The minimum absolute atomic E-state index is 0.0125. The molecule has 0 spiro atoms. The fraction of sp³-hybridized carbons (Fsp3) is 0.652. The fourth-order valence-electron chi connectivity index (χ4n) is 4.01. The molecular weight excluding hydrogens is 338 g/mol. The molecule has 150 valence electrons. The molecule has 4 heteroatoms. The van der Waals surface area contributed by atoms with E-state index in [0.29, 0.717) is 29.8 Å². The van der Waals surface area contributed by atoms with Gasteiger partial charge in [-0.05, 0) is 45.4 Å². The third kappa shape index (κ3) is 5.33. The number of aliphatic hydroxyl groups is 1. The van der Waals surface area contributed by atoms with Crippen molar-refractivity contribution in [2.45, 2.75) is 85.0 Å². The lowest BCUT2D eigenvalue weighted by Gasteiger charge is -2.28. The van der Waals surface area contributed by atoms with E-state index in [4.69, 9.17) is 0 Å². The number of hydrogen-bond donors (Lipinski definition) is 2. The molecular formula is C23H35NO3. The van der Waals surface area contributed by atoms with Crippen molar-refractivity contribution in [2.75, 3.05) is 6.54 Å². The first-order valence-electron chi connectivity index (χ1n) is 10.7. The van der Waals surface area contributed by atoms with E-state index < -0.39 is 11.6 Å². The lowest BCUT2D eigenvalue weighted by molar-refractivity contribution is -0.133. The summed E-state index contributed by atoms with van der Waals surface area (Å²) in [6.45, 7) is 7.01. The molecule has 0 aromatic rings. The highest BCUT2D eigenvalue weighted by Gasteiger charge is 2.38. The van der Waals surface area contributed by atoms with E-state index in [2.05, 4.69) is 32.2 Å². The lowest BCUT2D eigenvalue weighted by atomic mass is 9.78. The summed E-state index contributed by atoms with van der Waals surface area (Å²) < 4.78 is 0. The van der Waals surface area contributed by atoms with Crippen LogP contribution in [0.5, 0.6) is 0 Å². The van der Waals surface area contributed by atoms with Gasteiger partial charge in [-0.15, -0.1) is 0 Å². The molecule has 0 aliphatic heterocycles. The Morgan fingerprint density at radius 2 is 1.78 bits per heavy atom. The van der Waals surface area contributed by atoms with Crippen LogP contribution in [0.25, 0.3) is 0 Å². The molecule has 1 atom stereocenters. The monoisotopic (exact) mass is 373 g/mol. The van der Waals surface area contributed by atoms with Gasteiger partial charge in [0, 0.05) is 18.0 Å². The van der Waals surface area contributed by atoms with Crippen LogP contribution in [-0.4, -0.2) is 23.2 Å². The van der Waals surface area contributed by atoms with Crippen LogP contribution in [0.3, 0.4) is 0 Å². The van der Waals surface area contributed by atoms with E-state index in [9.17, 15) is 14.7 Å². The molecule has 1 unspecified atom stereocenters. The SMILES string of the molecule is CCCCCNC1=C(CCCCC)C(=O)C(=O)C(C2C=C(C)CCC2)=C1O. The van der Waals surface area contributed by atoms with Crippen molar-refractivity contribution in [1.29, 1.82) is 0 Å². The van der Waals surface area contributed by atoms with Crippen molar-refractivity contribution in [2.24, 2.45) is 5.92 Å². The van der Waals surface area contributed by atoms with Crippen LogP contribution in [0.4, 0.5) is 0 Å². The second-order valence-corrected chi connectivity index (χ2v) is 7.88. The Labute approximate surface area is 163 Å². The number of carbonyl (C=O) groups is 2. The van der Waals surface area contributed by atoms with Crippen LogP contribution in [0, 0.1) is 5.92 Å². The van der Waals surface area contributed by atoms with Crippen LogP contribution in [0.1, 0.15) is 85.0 Å². The van der Waals surface area contributed by atoms with Gasteiger partial charge in [-0.2, -0.15) is 0 Å². The van der Waals surface area contributed by atoms with Crippen LogP contribution < -0.4 is 5.32 Å². The maximum Gasteiger partial charge on any atom is 0.233 e. The molecule has 0 aromatic heterocycles. The molecule has 27 heavy (non-hydrogen) atoms. The molecule has 4 nitrogen and oxygen atoms in total. The minimum atomic E-state index is -0.506. The molecule has 2 aliphatic rings. The number of allylic oxidation sites excluding steroid dienone is 4. The second kappa shape index (κ2) is 10.5. The van der Waals surface area contributed by atoms with Crippen LogP contribution in [0.2, 0.25) is 0 Å². The van der Waals surface area contributed by atoms with Gasteiger partial charge in [0.05, 0.1) is 11.3 Å². The lowest BCUT2D eigenvalue weighted by Crippen LogP contribution is -2.34. The summed E-state index contributed by atoms with van der Waals surface area (Å²) in [5.41, 5.74) is 2.51. The molecule has 0 fully saturated rings. The number of carbonyl (C=O) groups excluding carboxylic acids is 2. The third-order valence-corrected chi connectivity index (χ3v) is 5.57. The molecule has 0 saturated carbocycles. The number of nitrogens with one attached hydrogen (secondary N) is 1. The number of ketones is 2. The van der Waals surface area contributed by atoms with Crippen LogP contribution >= 0.6 is 0 Å². The molecule has 2 aliphatic carbocycles. The average molecular weight is 374 g/mol. The summed E-state index contributed by atoms with van der Waals surface area (Å²) >= 11 is 0. The first-order chi connectivity index (χ1) is 13.0. The Morgan fingerprint density at radius 1 is 1.07 bits per heavy atom. The largest absolute Gasteiger partial charge is 0.505 e. The molecule has 2 N–H and O–H groups in total. The normalized spacial score (nSPS) is 21.0. The van der Waals surface area contributed by atoms with Crippen molar-refractivity contribution in [3.8, 4) is 0 Å². The van der Waals surface area contributed by atoms with Crippen molar-refractivity contribution in [3.63, 3.8) is 0 Å². The van der Waals surface area contributed by atoms with E-state index in [1.807, 2.05) is 0 Å². The summed E-state index contributed by atoms with van der Waals surface area (Å²) in [5.74, 6) is -1.07. The zero-order valence-electron chi connectivity index (χ0n) is 17.2. The number of rotatable bonds is 10. The van der Waals surface area contributed by atoms with Gasteiger partial charge in [-0.3, -0.25) is 9.59 Å². The zero-order chi connectivity index (χ0) is 19.8. The topological polar surface area (TPSA) is 66.4 Å². The summed E-state index contributed by atoms with van der Waals surface area (Å²) in [6, 6.07) is 0. The van der Waals surface area contributed by atoms with E-state index in [0.717, 1.165) is 57.8 Å². The van der Waals surface area contributed by atoms with Gasteiger partial charge < -0.3 is 10.4 Å². The molecule has 0 heterocycles. The van der Waals surface area contributed by atoms with Gasteiger partial charge in [0.1, 0.15) is 5.76 Å². The quantitative estimate of drug-likeness (QED) is 0.236. The molecule has 0 radical (unpaired) electrons. The average Bonchev–Trinajstić information content (AvgIpc) is 2.65. The second-order valence-electron chi connectivity index (χ2n) is 7.88. The maximum atomic E-state index is 12.9. The van der Waals surface area contributed by atoms with Gasteiger partial charge in [0.25, 0.3) is 0 Å². The van der Waals surface area contributed by atoms with Crippen molar-refractivity contribution < 1.29 is 14.7 Å². The Hall–Kier alpha value is -1.84. The van der Waals surface area contributed by atoms with Crippen molar-refractivity contribution >= 4 is 11.6 Å². The van der Waals surface area contributed by atoms with Gasteiger partial charge in [0.15, 0.2) is 0 Å². The van der Waals surface area contributed by atoms with Gasteiger partial charge in [0.2, 0.25) is 11.6 Å². The van der Waals surface area contributed by atoms with Gasteiger partial charge in [-0.25, -0.2) is 0 Å². The highest BCUT2D eigenvalue weighted by atomic mass is 16.3. The molecule has 0 bridgehead atoms. The number of aliphatic hydroxyl groups excluding tert-OH is 1. The summed E-state index contributed by atoms with van der Waals surface area (Å²) in [7, 11) is 0. The number of unbranched alkanes of at least 4 members (excludes halogenated alkanes) is 4. The molecule has 0 amide bonds. The first-order valence-corrected chi connectivity index (χ1v) is 10.7. The van der Waals surface area contributed by atoms with E-state index in [1.54, 1.807) is 0 Å². The van der Waals surface area contributed by atoms with E-state index in [1.165, 1.54) is 5.57 Å². The smallest absolute Gasteiger partial charge is 0.233 e. The van der Waals surface area contributed by atoms with Crippen molar-refractivity contribution in [1.82, 2.24) is 5.32 Å². The van der Waals surface area contributed by atoms with Crippen LogP contribution in [-0.2, 0) is 9.59 Å². The molecule has 2 rings (SSSR count). The van der Waals surface area contributed by atoms with E-state index in [-0.39, 0.29) is 11.7 Å². The zero-order valence-corrected chi connectivity index (χ0v) is 17.2. The molecule has 0 saturated heterocycles. The Bertz CT molecular complexity index is 655. The first kappa shape index (κ1) is 21.5. The van der Waals surface area contributed by atoms with Crippen molar-refractivity contribution in [3.05, 3.63) is 34.3 Å². The minimum Gasteiger partial charge on any atom is -0.505 e. The van der Waals surface area contributed by atoms with Crippen LogP contribution in [0.15, 0.2) is 34.3 Å². The Kier molecular flexibility index (Phi) is 8.33. The summed E-state index contributed by atoms with van der Waals surface area (Å²) in [5, 5.41) is 14.3. The van der Waals surface area contributed by atoms with Gasteiger partial charge in [-0.1, -0.05) is 51.2 Å². The highest BCUT2D eigenvalue weighted by molar-refractivity contribution is 6.50. The van der Waals surface area contributed by atoms with Gasteiger partial charge >= 0.3 is 0 Å². The third-order valence-electron chi connectivity index (χ3n) is 5.57. The van der Waals surface area contributed by atoms with E-state index >= 15 is 0 Å². The summed E-state index contributed by atoms with van der Waals surface area (Å²) in [4.78, 5) is 25.7. The number of hydrogen-bond acceptors (Lipinski definition) is 4. The predicted molar refractivity (Wildman–Crippen MR) is 109 cm³/mol. The highest BCUT2D eigenvalue weighted by Crippen LogP contribution is 2.36. The Morgan fingerprint density at radius 3 is 2.44 bits per heavy atom. The maximum absolute atomic E-state index is 12.9. The number of Topliss-reactive ketones (excluding diaryl/α,β-unsaturated/α-hetero) is 2. The predicted octanol–water partition coefficient (Wildman–Crippen LogP) is 5.31. The molecule has 0 aromatic carbocycles. The standard InChI is InChI=1S/C23H35NO3/c1-4-6-8-13-18-20(24-14-9-7-5-2)22(26)19(23(27)21(18)25)17-12-10-11-16(3)15-17/h15,17,24,26H,4-14H2,1-3H3. The summed E-state index contributed by atoms with van der Waals surface area (Å²) in [6.07, 6.45) is 11.5. The Balaban J connectivity index is 2.37.